The molecule has 36 heavy (non-hydrogen) atoms. The van der Waals surface area contributed by atoms with Crippen LogP contribution in [-0.2, 0) is 28.5 Å². The summed E-state index contributed by atoms with van der Waals surface area (Å²) in [6.07, 6.45) is 4.54. The first-order valence-electron chi connectivity index (χ1n) is 12.7. The van der Waals surface area contributed by atoms with E-state index >= 15 is 0 Å². The third-order valence-electron chi connectivity index (χ3n) is 6.74. The highest BCUT2D eigenvalue weighted by molar-refractivity contribution is 5.87. The molecule has 2 fully saturated rings. The lowest BCUT2D eigenvalue weighted by Gasteiger charge is -2.22. The van der Waals surface area contributed by atoms with Crippen LogP contribution in [0.4, 0.5) is 9.59 Å². The molecule has 2 aliphatic carbocycles. The van der Waals surface area contributed by atoms with E-state index in [2.05, 4.69) is 23.8 Å². The van der Waals surface area contributed by atoms with Gasteiger partial charge >= 0.3 is 24.1 Å². The van der Waals surface area contributed by atoms with Gasteiger partial charge in [-0.1, -0.05) is 13.2 Å². The summed E-state index contributed by atoms with van der Waals surface area (Å²) in [4.78, 5) is 46.4. The number of nitrogens with one attached hydrogen (secondary N) is 2. The SMILES string of the molecule is C=C(C)C(=O)OCCCCOC(=O)NCCC1C2CCC1C(CNC(=O)OCCOC(=O)C(=C)C)C2. The average molecular weight is 509 g/mol. The molecule has 202 valence electrons. The Hall–Kier alpha value is -3.04. The van der Waals surface area contributed by atoms with Gasteiger partial charge in [-0.15, -0.1) is 0 Å². The minimum atomic E-state index is -0.515. The highest BCUT2D eigenvalue weighted by Gasteiger charge is 2.47. The first-order chi connectivity index (χ1) is 17.2. The predicted octanol–water partition coefficient (Wildman–Crippen LogP) is 3.51. The van der Waals surface area contributed by atoms with Crippen LogP contribution in [-0.4, -0.2) is 63.6 Å². The number of hydrogen-bond acceptors (Lipinski definition) is 8. The fourth-order valence-corrected chi connectivity index (χ4v) is 5.02. The van der Waals surface area contributed by atoms with Crippen LogP contribution in [0.1, 0.15) is 52.4 Å². The van der Waals surface area contributed by atoms with Gasteiger partial charge in [-0.05, 0) is 76.0 Å². The summed E-state index contributed by atoms with van der Waals surface area (Å²) >= 11 is 0. The molecule has 0 aliphatic heterocycles. The highest BCUT2D eigenvalue weighted by Crippen LogP contribution is 2.53. The summed E-state index contributed by atoms with van der Waals surface area (Å²) in [7, 11) is 0. The fraction of sp³-hybridized carbons (Fsp3) is 0.692. The van der Waals surface area contributed by atoms with Crippen LogP contribution in [0.3, 0.4) is 0 Å². The van der Waals surface area contributed by atoms with E-state index in [4.69, 9.17) is 18.9 Å². The molecule has 2 bridgehead atoms. The molecule has 4 atom stereocenters. The van der Waals surface area contributed by atoms with Crippen LogP contribution in [0.25, 0.3) is 0 Å². The molecule has 0 aromatic rings. The summed E-state index contributed by atoms with van der Waals surface area (Å²) in [5, 5.41) is 5.65. The Bertz CT molecular complexity index is 812. The van der Waals surface area contributed by atoms with Crippen molar-refractivity contribution in [2.45, 2.75) is 52.4 Å². The first-order valence-corrected chi connectivity index (χ1v) is 12.7. The average Bonchev–Trinajstić information content (AvgIpc) is 3.38. The van der Waals surface area contributed by atoms with Crippen LogP contribution in [0.5, 0.6) is 0 Å². The molecule has 2 rings (SSSR count). The fourth-order valence-electron chi connectivity index (χ4n) is 5.02. The van der Waals surface area contributed by atoms with Gasteiger partial charge in [-0.25, -0.2) is 19.2 Å². The van der Waals surface area contributed by atoms with E-state index in [1.807, 2.05) is 0 Å². The second-order valence-electron chi connectivity index (χ2n) is 9.57. The van der Waals surface area contributed by atoms with E-state index < -0.39 is 24.1 Å². The summed E-state index contributed by atoms with van der Waals surface area (Å²) in [5.74, 6) is 1.14. The first kappa shape index (κ1) is 29.2. The molecule has 0 saturated heterocycles. The largest absolute Gasteiger partial charge is 0.462 e. The van der Waals surface area contributed by atoms with Crippen LogP contribution in [0.2, 0.25) is 0 Å². The number of hydrogen-bond donors (Lipinski definition) is 2. The second-order valence-corrected chi connectivity index (χ2v) is 9.57. The van der Waals surface area contributed by atoms with Crippen molar-refractivity contribution in [3.8, 4) is 0 Å². The lowest BCUT2D eigenvalue weighted by atomic mass is 9.87. The Morgan fingerprint density at radius 2 is 1.33 bits per heavy atom. The van der Waals surface area contributed by atoms with E-state index in [-0.39, 0.29) is 26.4 Å². The van der Waals surface area contributed by atoms with Gasteiger partial charge < -0.3 is 29.6 Å². The summed E-state index contributed by atoms with van der Waals surface area (Å²) in [5.41, 5.74) is 0.662. The zero-order chi connectivity index (χ0) is 26.5. The molecular formula is C26H40N2O8. The Morgan fingerprint density at radius 3 is 2.00 bits per heavy atom. The molecule has 0 radical (unpaired) electrons. The van der Waals surface area contributed by atoms with Crippen molar-refractivity contribution >= 4 is 24.1 Å². The Labute approximate surface area is 213 Å². The molecule has 2 N–H and O–H groups in total. The molecule has 2 aliphatic rings. The standard InChI is InChI=1S/C26H40N2O8/c1-17(2)23(29)33-11-5-6-12-35-25(31)27-10-9-22-19-7-8-21(22)20(15-19)16-28-26(32)36-14-13-34-24(30)18(3)4/h19-22H,1,3,5-16H2,2,4H3,(H,27,31)(H,28,32). The van der Waals surface area contributed by atoms with Crippen molar-refractivity contribution < 1.29 is 38.1 Å². The third-order valence-corrected chi connectivity index (χ3v) is 6.74. The van der Waals surface area contributed by atoms with Crippen LogP contribution in [0, 0.1) is 23.7 Å². The Morgan fingerprint density at radius 1 is 0.778 bits per heavy atom. The molecule has 2 saturated carbocycles. The maximum atomic E-state index is 11.9. The van der Waals surface area contributed by atoms with Crippen molar-refractivity contribution in [3.63, 3.8) is 0 Å². The van der Waals surface area contributed by atoms with Crippen molar-refractivity contribution in [2.75, 3.05) is 39.5 Å². The minimum Gasteiger partial charge on any atom is -0.462 e. The molecule has 0 heterocycles. The topological polar surface area (TPSA) is 129 Å². The quantitative estimate of drug-likeness (QED) is 0.149. The third kappa shape index (κ3) is 9.91. The monoisotopic (exact) mass is 508 g/mol. The molecule has 0 aromatic carbocycles. The van der Waals surface area contributed by atoms with Gasteiger partial charge in [-0.2, -0.15) is 0 Å². The molecular weight excluding hydrogens is 468 g/mol. The predicted molar refractivity (Wildman–Crippen MR) is 132 cm³/mol. The molecule has 4 unspecified atom stereocenters. The number of amides is 2. The van der Waals surface area contributed by atoms with E-state index in [0.717, 1.165) is 19.3 Å². The van der Waals surface area contributed by atoms with Crippen LogP contribution >= 0.6 is 0 Å². The van der Waals surface area contributed by atoms with Gasteiger partial charge in [-0.3, -0.25) is 0 Å². The number of alkyl carbamates (subject to hydrolysis) is 2. The maximum absolute atomic E-state index is 11.9. The number of fused-ring (bicyclic) bond motifs is 2. The Kier molecular flexibility index (Phi) is 12.3. The maximum Gasteiger partial charge on any atom is 0.407 e. The molecule has 0 spiro atoms. The number of unbranched alkanes of at least 4 members (excludes halogenated alkanes) is 1. The number of carbonyl (C=O) groups is 4. The van der Waals surface area contributed by atoms with E-state index in [0.29, 0.717) is 60.7 Å². The van der Waals surface area contributed by atoms with E-state index in [1.54, 1.807) is 13.8 Å². The summed E-state index contributed by atoms with van der Waals surface area (Å²) in [6.45, 7) is 11.8. The van der Waals surface area contributed by atoms with Crippen molar-refractivity contribution in [2.24, 2.45) is 23.7 Å². The number of carbonyl (C=O) groups excluding carboxylic acids is 4. The zero-order valence-corrected chi connectivity index (χ0v) is 21.5. The van der Waals surface area contributed by atoms with Gasteiger partial charge in [0.15, 0.2) is 0 Å². The van der Waals surface area contributed by atoms with Crippen molar-refractivity contribution in [3.05, 3.63) is 24.3 Å². The summed E-state index contributed by atoms with van der Waals surface area (Å²) in [6, 6.07) is 0. The number of ether oxygens (including phenoxy) is 4. The normalized spacial score (nSPS) is 21.8. The number of rotatable bonds is 15. The van der Waals surface area contributed by atoms with Crippen LogP contribution in [0.15, 0.2) is 24.3 Å². The van der Waals surface area contributed by atoms with Gasteiger partial charge in [0, 0.05) is 24.2 Å². The zero-order valence-electron chi connectivity index (χ0n) is 21.5. The lowest BCUT2D eigenvalue weighted by molar-refractivity contribution is -0.140. The van der Waals surface area contributed by atoms with Crippen LogP contribution < -0.4 is 10.6 Å². The highest BCUT2D eigenvalue weighted by atomic mass is 16.6. The Balaban J connectivity index is 1.53. The van der Waals surface area contributed by atoms with Gasteiger partial charge in [0.05, 0.1) is 13.2 Å². The molecule has 10 nitrogen and oxygen atoms in total. The molecule has 10 heteroatoms. The van der Waals surface area contributed by atoms with Crippen molar-refractivity contribution in [1.29, 1.82) is 0 Å². The molecule has 2 amide bonds. The van der Waals surface area contributed by atoms with E-state index in [9.17, 15) is 19.2 Å². The molecule has 0 aromatic heterocycles. The lowest BCUT2D eigenvalue weighted by Crippen LogP contribution is -2.33. The van der Waals surface area contributed by atoms with Gasteiger partial charge in [0.1, 0.15) is 13.2 Å². The van der Waals surface area contributed by atoms with Crippen molar-refractivity contribution in [1.82, 2.24) is 10.6 Å². The van der Waals surface area contributed by atoms with Gasteiger partial charge in [0.25, 0.3) is 0 Å². The van der Waals surface area contributed by atoms with Gasteiger partial charge in [0.2, 0.25) is 0 Å². The minimum absolute atomic E-state index is 0.00434. The second kappa shape index (κ2) is 15.2. The van der Waals surface area contributed by atoms with E-state index in [1.165, 1.54) is 6.42 Å². The summed E-state index contributed by atoms with van der Waals surface area (Å²) < 4.78 is 20.1. The smallest absolute Gasteiger partial charge is 0.407 e. The number of esters is 2.